The number of aliphatic hydroxyl groups excluding tert-OH is 1. The summed E-state index contributed by atoms with van der Waals surface area (Å²) in [4.78, 5) is 0. The molecule has 20 heavy (non-hydrogen) atoms. The maximum atomic E-state index is 8.70. The van der Waals surface area contributed by atoms with E-state index < -0.39 is 0 Å². The predicted molar refractivity (Wildman–Crippen MR) is 80.5 cm³/mol. The molecule has 0 fully saturated rings. The Bertz CT molecular complexity index is 621. The first kappa shape index (κ1) is 14.2. The first-order chi connectivity index (χ1) is 9.78. The maximum Gasteiger partial charge on any atom is 0.121 e. The molecule has 2 nitrogen and oxygen atoms in total. The fourth-order valence-electron chi connectivity index (χ4n) is 1.85. The van der Waals surface area contributed by atoms with E-state index in [2.05, 4.69) is 37.0 Å². The van der Waals surface area contributed by atoms with Crippen LogP contribution in [-0.2, 0) is 6.61 Å². The van der Waals surface area contributed by atoms with Gasteiger partial charge in [-0.15, -0.1) is 0 Å². The number of ether oxygens (including phenoxy) is 1. The molecule has 0 aliphatic heterocycles. The van der Waals surface area contributed by atoms with Gasteiger partial charge < -0.3 is 9.84 Å². The van der Waals surface area contributed by atoms with Crippen molar-refractivity contribution >= 4 is 0 Å². The van der Waals surface area contributed by atoms with Gasteiger partial charge in [-0.25, -0.2) is 0 Å². The lowest BCUT2D eigenvalue weighted by molar-refractivity contribution is 0.305. The van der Waals surface area contributed by atoms with Crippen molar-refractivity contribution in [3.05, 3.63) is 65.2 Å². The van der Waals surface area contributed by atoms with Crippen LogP contribution in [0.2, 0.25) is 0 Å². The average molecular weight is 266 g/mol. The molecule has 2 heteroatoms. The molecule has 0 saturated carbocycles. The van der Waals surface area contributed by atoms with E-state index in [0.29, 0.717) is 13.0 Å². The summed E-state index contributed by atoms with van der Waals surface area (Å²) < 4.78 is 5.78. The van der Waals surface area contributed by atoms with Gasteiger partial charge in [-0.3, -0.25) is 0 Å². The Balaban J connectivity index is 2.00. The van der Waals surface area contributed by atoms with E-state index in [1.165, 1.54) is 5.56 Å². The van der Waals surface area contributed by atoms with Crippen LogP contribution in [0.15, 0.2) is 48.5 Å². The number of aryl methyl sites for hydroxylation is 1. The number of benzene rings is 2. The molecule has 0 aliphatic rings. The Morgan fingerprint density at radius 1 is 1.10 bits per heavy atom. The topological polar surface area (TPSA) is 29.5 Å². The molecule has 0 aromatic heterocycles. The molecule has 0 aliphatic carbocycles. The molecule has 1 N–H and O–H groups in total. The number of aliphatic hydroxyl groups is 1. The van der Waals surface area contributed by atoms with Gasteiger partial charge in [0.25, 0.3) is 0 Å². The van der Waals surface area contributed by atoms with E-state index in [1.807, 2.05) is 30.3 Å². The van der Waals surface area contributed by atoms with E-state index in [1.54, 1.807) is 0 Å². The van der Waals surface area contributed by atoms with E-state index >= 15 is 0 Å². The van der Waals surface area contributed by atoms with Gasteiger partial charge in [0.05, 0.1) is 6.61 Å². The van der Waals surface area contributed by atoms with Crippen molar-refractivity contribution in [3.8, 4) is 17.6 Å². The van der Waals surface area contributed by atoms with Crippen LogP contribution < -0.4 is 4.74 Å². The van der Waals surface area contributed by atoms with Crippen molar-refractivity contribution in [2.45, 2.75) is 20.0 Å². The highest BCUT2D eigenvalue weighted by atomic mass is 16.5. The number of rotatable bonds is 4. The first-order valence-corrected chi connectivity index (χ1v) is 6.66. The minimum atomic E-state index is 0.0938. The van der Waals surface area contributed by atoms with Crippen LogP contribution in [-0.4, -0.2) is 11.7 Å². The summed E-state index contributed by atoms with van der Waals surface area (Å²) in [5.74, 6) is 6.72. The average Bonchev–Trinajstić information content (AvgIpc) is 2.46. The van der Waals surface area contributed by atoms with Crippen molar-refractivity contribution in [2.24, 2.45) is 0 Å². The van der Waals surface area contributed by atoms with Gasteiger partial charge in [0.2, 0.25) is 0 Å². The Kier molecular flexibility index (Phi) is 5.23. The lowest BCUT2D eigenvalue weighted by atomic mass is 10.1. The third-order valence-corrected chi connectivity index (χ3v) is 2.79. The molecule has 0 spiro atoms. The zero-order chi connectivity index (χ0) is 14.2. The second-order valence-electron chi connectivity index (χ2n) is 4.58. The Hall–Kier alpha value is -2.24. The van der Waals surface area contributed by atoms with Gasteiger partial charge in [-0.05, 0) is 30.7 Å². The predicted octanol–water partition coefficient (Wildman–Crippen LogP) is 3.31. The molecule has 2 aromatic carbocycles. The fourth-order valence-corrected chi connectivity index (χ4v) is 1.85. The second-order valence-corrected chi connectivity index (χ2v) is 4.58. The van der Waals surface area contributed by atoms with Gasteiger partial charge in [-0.2, -0.15) is 0 Å². The maximum absolute atomic E-state index is 8.70. The Morgan fingerprint density at radius 3 is 2.75 bits per heavy atom. The minimum Gasteiger partial charge on any atom is -0.489 e. The highest BCUT2D eigenvalue weighted by Gasteiger charge is 1.97. The zero-order valence-electron chi connectivity index (χ0n) is 11.6. The van der Waals surface area contributed by atoms with Crippen molar-refractivity contribution in [1.82, 2.24) is 0 Å². The van der Waals surface area contributed by atoms with Crippen LogP contribution >= 0.6 is 0 Å². The smallest absolute Gasteiger partial charge is 0.121 e. The van der Waals surface area contributed by atoms with Gasteiger partial charge in [0, 0.05) is 12.0 Å². The van der Waals surface area contributed by atoms with E-state index in [0.717, 1.165) is 16.9 Å². The SMILES string of the molecule is Cc1cccc(COc2cccc(C#CCCO)c2)c1. The molecule has 2 rings (SSSR count). The largest absolute Gasteiger partial charge is 0.489 e. The summed E-state index contributed by atoms with van der Waals surface area (Å²) in [6.07, 6.45) is 0.494. The standard InChI is InChI=1S/C18H18O2/c1-15-6-4-9-17(12-15)14-20-18-10-5-8-16(13-18)7-2-3-11-19/h4-6,8-10,12-13,19H,3,11,14H2,1H3. The van der Waals surface area contributed by atoms with Gasteiger partial charge >= 0.3 is 0 Å². The molecule has 0 bridgehead atoms. The van der Waals surface area contributed by atoms with E-state index in [-0.39, 0.29) is 6.61 Å². The highest BCUT2D eigenvalue weighted by molar-refractivity contribution is 5.39. The Morgan fingerprint density at radius 2 is 1.95 bits per heavy atom. The molecule has 2 aromatic rings. The molecule has 0 amide bonds. The zero-order valence-corrected chi connectivity index (χ0v) is 11.6. The molecule has 0 heterocycles. The quantitative estimate of drug-likeness (QED) is 0.860. The van der Waals surface area contributed by atoms with Crippen LogP contribution in [0, 0.1) is 18.8 Å². The van der Waals surface area contributed by atoms with Gasteiger partial charge in [0.15, 0.2) is 0 Å². The van der Waals surface area contributed by atoms with Crippen molar-refractivity contribution < 1.29 is 9.84 Å². The lowest BCUT2D eigenvalue weighted by Crippen LogP contribution is -1.95. The van der Waals surface area contributed by atoms with Crippen LogP contribution in [0.4, 0.5) is 0 Å². The van der Waals surface area contributed by atoms with Crippen molar-refractivity contribution in [1.29, 1.82) is 0 Å². The molecular weight excluding hydrogens is 248 g/mol. The summed E-state index contributed by atoms with van der Waals surface area (Å²) >= 11 is 0. The van der Waals surface area contributed by atoms with Gasteiger partial charge in [0.1, 0.15) is 12.4 Å². The van der Waals surface area contributed by atoms with Crippen LogP contribution in [0.25, 0.3) is 0 Å². The summed E-state index contributed by atoms with van der Waals surface area (Å²) in [6, 6.07) is 16.0. The Labute approximate surface area is 120 Å². The fraction of sp³-hybridized carbons (Fsp3) is 0.222. The molecular formula is C18H18O2. The van der Waals surface area contributed by atoms with Crippen molar-refractivity contribution in [2.75, 3.05) is 6.61 Å². The monoisotopic (exact) mass is 266 g/mol. The lowest BCUT2D eigenvalue weighted by Gasteiger charge is -2.07. The van der Waals surface area contributed by atoms with E-state index in [4.69, 9.17) is 9.84 Å². The highest BCUT2D eigenvalue weighted by Crippen LogP contribution is 2.15. The summed E-state index contributed by atoms with van der Waals surface area (Å²) in [5, 5.41) is 8.70. The minimum absolute atomic E-state index is 0.0938. The molecule has 0 unspecified atom stereocenters. The van der Waals surface area contributed by atoms with Crippen molar-refractivity contribution in [3.63, 3.8) is 0 Å². The third-order valence-electron chi connectivity index (χ3n) is 2.79. The number of hydrogen-bond acceptors (Lipinski definition) is 2. The molecule has 0 saturated heterocycles. The molecule has 102 valence electrons. The van der Waals surface area contributed by atoms with Gasteiger partial charge in [-0.1, -0.05) is 47.7 Å². The van der Waals surface area contributed by atoms with E-state index in [9.17, 15) is 0 Å². The van der Waals surface area contributed by atoms with Crippen LogP contribution in [0.1, 0.15) is 23.1 Å². The first-order valence-electron chi connectivity index (χ1n) is 6.66. The normalized spacial score (nSPS) is 9.70. The summed E-state index contributed by atoms with van der Waals surface area (Å²) in [7, 11) is 0. The molecule has 0 radical (unpaired) electrons. The molecule has 0 atom stereocenters. The van der Waals surface area contributed by atoms with Crippen LogP contribution in [0.3, 0.4) is 0 Å². The number of hydrogen-bond donors (Lipinski definition) is 1. The second kappa shape index (κ2) is 7.37. The van der Waals surface area contributed by atoms with Crippen LogP contribution in [0.5, 0.6) is 5.75 Å². The summed E-state index contributed by atoms with van der Waals surface area (Å²) in [6.45, 7) is 2.71. The summed E-state index contributed by atoms with van der Waals surface area (Å²) in [5.41, 5.74) is 3.29. The third kappa shape index (κ3) is 4.46.